The summed E-state index contributed by atoms with van der Waals surface area (Å²) in [5, 5.41) is 0. The molecular weight excluding hydrogens is 308 g/mol. The number of benzene rings is 1. The van der Waals surface area contributed by atoms with Crippen LogP contribution in [0.1, 0.15) is 30.9 Å². The van der Waals surface area contributed by atoms with Gasteiger partial charge in [-0.1, -0.05) is 6.07 Å². The maximum Gasteiger partial charge on any atom is 0.416 e. The molecule has 0 aliphatic rings. The topological polar surface area (TPSA) is 52.6 Å². The van der Waals surface area contributed by atoms with E-state index in [0.29, 0.717) is 6.07 Å². The Morgan fingerprint density at radius 2 is 1.68 bits per heavy atom. The van der Waals surface area contributed by atoms with Gasteiger partial charge in [0.1, 0.15) is 12.4 Å². The van der Waals surface area contributed by atoms with E-state index in [1.54, 1.807) is 6.92 Å². The Balaban J connectivity index is 2.65. The zero-order valence-electron chi connectivity index (χ0n) is 11.7. The molecular formula is C14H14F4O4. The van der Waals surface area contributed by atoms with Gasteiger partial charge in [-0.2, -0.15) is 13.2 Å². The second-order valence-corrected chi connectivity index (χ2v) is 4.23. The number of halogens is 4. The number of carbonyl (C=O) groups is 2. The maximum atomic E-state index is 13.5. The molecule has 0 aliphatic heterocycles. The molecule has 22 heavy (non-hydrogen) atoms. The summed E-state index contributed by atoms with van der Waals surface area (Å²) >= 11 is 0. The van der Waals surface area contributed by atoms with Crippen molar-refractivity contribution in [3.05, 3.63) is 35.1 Å². The molecule has 0 saturated heterocycles. The van der Waals surface area contributed by atoms with Gasteiger partial charge in [-0.25, -0.2) is 4.39 Å². The van der Waals surface area contributed by atoms with Gasteiger partial charge in [-0.15, -0.1) is 0 Å². The van der Waals surface area contributed by atoms with Gasteiger partial charge in [-0.3, -0.25) is 9.59 Å². The fourth-order valence-corrected chi connectivity index (χ4v) is 1.63. The fourth-order valence-electron chi connectivity index (χ4n) is 1.63. The summed E-state index contributed by atoms with van der Waals surface area (Å²) < 4.78 is 60.8. The highest BCUT2D eigenvalue weighted by molar-refractivity contribution is 5.77. The van der Waals surface area contributed by atoms with E-state index in [9.17, 15) is 27.2 Å². The Bertz CT molecular complexity index is 540. The third kappa shape index (κ3) is 5.34. The number of carbonyl (C=O) groups excluding carboxylic acids is 2. The molecule has 1 aromatic rings. The lowest BCUT2D eigenvalue weighted by Gasteiger charge is -2.13. The molecule has 0 heterocycles. The van der Waals surface area contributed by atoms with Crippen molar-refractivity contribution in [3.8, 4) is 0 Å². The van der Waals surface area contributed by atoms with Gasteiger partial charge in [0.25, 0.3) is 0 Å². The monoisotopic (exact) mass is 322 g/mol. The van der Waals surface area contributed by atoms with Crippen LogP contribution in [0.4, 0.5) is 17.6 Å². The lowest BCUT2D eigenvalue weighted by atomic mass is 10.1. The minimum absolute atomic E-state index is 0.151. The van der Waals surface area contributed by atoms with Crippen molar-refractivity contribution in [1.29, 1.82) is 0 Å². The molecule has 1 aromatic carbocycles. The van der Waals surface area contributed by atoms with Gasteiger partial charge in [-0.05, 0) is 19.1 Å². The highest BCUT2D eigenvalue weighted by Crippen LogP contribution is 2.33. The van der Waals surface area contributed by atoms with E-state index in [-0.39, 0.29) is 19.4 Å². The fraction of sp³-hybridized carbons (Fsp3) is 0.429. The Morgan fingerprint density at radius 3 is 2.23 bits per heavy atom. The predicted molar refractivity (Wildman–Crippen MR) is 67.1 cm³/mol. The molecule has 122 valence electrons. The number of hydrogen-bond donors (Lipinski definition) is 0. The molecule has 0 radical (unpaired) electrons. The number of hydrogen-bond acceptors (Lipinski definition) is 4. The highest BCUT2D eigenvalue weighted by atomic mass is 19.4. The normalized spacial score (nSPS) is 11.1. The maximum absolute atomic E-state index is 13.5. The van der Waals surface area contributed by atoms with E-state index in [4.69, 9.17) is 0 Å². The highest BCUT2D eigenvalue weighted by Gasteiger charge is 2.34. The minimum atomic E-state index is -4.76. The molecule has 0 atom stereocenters. The average molecular weight is 322 g/mol. The van der Waals surface area contributed by atoms with E-state index >= 15 is 0 Å². The molecule has 0 saturated carbocycles. The molecule has 0 unspecified atom stereocenters. The number of esters is 2. The van der Waals surface area contributed by atoms with Crippen molar-refractivity contribution in [1.82, 2.24) is 0 Å². The molecule has 0 bridgehead atoms. The Morgan fingerprint density at radius 1 is 1.09 bits per heavy atom. The van der Waals surface area contributed by atoms with E-state index in [1.165, 1.54) is 0 Å². The third-order valence-electron chi connectivity index (χ3n) is 2.64. The lowest BCUT2D eigenvalue weighted by Crippen LogP contribution is -2.14. The van der Waals surface area contributed by atoms with Crippen LogP contribution in [-0.4, -0.2) is 18.5 Å². The second-order valence-electron chi connectivity index (χ2n) is 4.23. The minimum Gasteiger partial charge on any atom is -0.466 e. The summed E-state index contributed by atoms with van der Waals surface area (Å²) in [5.41, 5.74) is -1.95. The first-order valence-electron chi connectivity index (χ1n) is 6.41. The zero-order valence-corrected chi connectivity index (χ0v) is 11.7. The molecule has 0 aromatic heterocycles. The van der Waals surface area contributed by atoms with Gasteiger partial charge in [0, 0.05) is 5.56 Å². The summed E-state index contributed by atoms with van der Waals surface area (Å²) in [6.07, 6.45) is -5.36. The average Bonchev–Trinajstić information content (AvgIpc) is 2.43. The van der Waals surface area contributed by atoms with E-state index in [2.05, 4.69) is 9.47 Å². The van der Waals surface area contributed by atoms with Gasteiger partial charge in [0.05, 0.1) is 25.0 Å². The van der Waals surface area contributed by atoms with E-state index in [0.717, 1.165) is 12.1 Å². The Hall–Kier alpha value is -2.12. The van der Waals surface area contributed by atoms with Gasteiger partial charge >= 0.3 is 18.1 Å². The number of alkyl halides is 3. The summed E-state index contributed by atoms with van der Waals surface area (Å²) in [7, 11) is 0. The summed E-state index contributed by atoms with van der Waals surface area (Å²) in [5.74, 6) is -2.65. The van der Waals surface area contributed by atoms with Crippen LogP contribution in [0, 0.1) is 5.82 Å². The standard InChI is InChI=1S/C14H14F4O4/c1-2-21-12(19)6-7-13(20)22-8-9-10(14(16,17)18)4-3-5-11(9)15/h3-5H,2,6-8H2,1H3. The first-order chi connectivity index (χ1) is 10.3. The summed E-state index contributed by atoms with van der Waals surface area (Å²) in [4.78, 5) is 22.4. The van der Waals surface area contributed by atoms with Crippen LogP contribution in [-0.2, 0) is 31.8 Å². The number of ether oxygens (including phenoxy) is 2. The van der Waals surface area contributed by atoms with Crippen molar-refractivity contribution in [3.63, 3.8) is 0 Å². The van der Waals surface area contributed by atoms with Crippen molar-refractivity contribution in [2.45, 2.75) is 32.5 Å². The van der Waals surface area contributed by atoms with Crippen LogP contribution in [0.2, 0.25) is 0 Å². The molecule has 8 heteroatoms. The van der Waals surface area contributed by atoms with Gasteiger partial charge < -0.3 is 9.47 Å². The summed E-state index contributed by atoms with van der Waals surface area (Å²) in [6, 6.07) is 2.46. The van der Waals surface area contributed by atoms with Crippen molar-refractivity contribution >= 4 is 11.9 Å². The predicted octanol–water partition coefficient (Wildman–Crippen LogP) is 3.23. The smallest absolute Gasteiger partial charge is 0.416 e. The largest absolute Gasteiger partial charge is 0.466 e. The van der Waals surface area contributed by atoms with Crippen LogP contribution >= 0.6 is 0 Å². The van der Waals surface area contributed by atoms with Crippen molar-refractivity contribution in [2.24, 2.45) is 0 Å². The second kappa shape index (κ2) is 7.77. The SMILES string of the molecule is CCOC(=O)CCC(=O)OCc1c(F)cccc1C(F)(F)F. The number of rotatable bonds is 6. The Kier molecular flexibility index (Phi) is 6.33. The molecule has 0 fully saturated rings. The third-order valence-corrected chi connectivity index (χ3v) is 2.64. The molecule has 1 rings (SSSR count). The van der Waals surface area contributed by atoms with Gasteiger partial charge in [0.15, 0.2) is 0 Å². The molecule has 0 N–H and O–H groups in total. The molecule has 0 aliphatic carbocycles. The Labute approximate surface area is 124 Å². The van der Waals surface area contributed by atoms with Gasteiger partial charge in [0.2, 0.25) is 0 Å². The van der Waals surface area contributed by atoms with E-state index < -0.39 is 41.7 Å². The van der Waals surface area contributed by atoms with Crippen LogP contribution in [0.5, 0.6) is 0 Å². The van der Waals surface area contributed by atoms with Crippen molar-refractivity contribution < 1.29 is 36.6 Å². The van der Waals surface area contributed by atoms with Crippen LogP contribution in [0.3, 0.4) is 0 Å². The summed E-state index contributed by atoms with van der Waals surface area (Å²) in [6.45, 7) is 0.883. The first kappa shape index (κ1) is 17.9. The van der Waals surface area contributed by atoms with Crippen LogP contribution in [0.15, 0.2) is 18.2 Å². The van der Waals surface area contributed by atoms with Crippen LogP contribution in [0.25, 0.3) is 0 Å². The molecule has 0 amide bonds. The molecule has 4 nitrogen and oxygen atoms in total. The van der Waals surface area contributed by atoms with Crippen molar-refractivity contribution in [2.75, 3.05) is 6.61 Å². The van der Waals surface area contributed by atoms with Crippen LogP contribution < -0.4 is 0 Å². The first-order valence-corrected chi connectivity index (χ1v) is 6.41. The quantitative estimate of drug-likeness (QED) is 0.596. The van der Waals surface area contributed by atoms with E-state index in [1.807, 2.05) is 0 Å². The molecule has 0 spiro atoms. The zero-order chi connectivity index (χ0) is 16.8. The lowest BCUT2D eigenvalue weighted by molar-refractivity contribution is -0.151.